The van der Waals surface area contributed by atoms with Crippen molar-refractivity contribution in [1.82, 2.24) is 20.0 Å². The summed E-state index contributed by atoms with van der Waals surface area (Å²) in [5.74, 6) is 1.37. The fourth-order valence-electron chi connectivity index (χ4n) is 1.83. The average molecular weight is 243 g/mol. The first-order valence-corrected chi connectivity index (χ1v) is 5.87. The maximum absolute atomic E-state index is 11.7. The van der Waals surface area contributed by atoms with Crippen LogP contribution in [0.3, 0.4) is 0 Å². The normalized spacial score (nSPS) is 21.6. The Balaban J connectivity index is 1.69. The summed E-state index contributed by atoms with van der Waals surface area (Å²) >= 11 is 0. The van der Waals surface area contributed by atoms with Crippen molar-refractivity contribution in [2.75, 3.05) is 5.32 Å². The minimum Gasteiger partial charge on any atom is -0.324 e. The van der Waals surface area contributed by atoms with Gasteiger partial charge in [0.2, 0.25) is 5.91 Å². The van der Waals surface area contributed by atoms with Gasteiger partial charge in [0.1, 0.15) is 0 Å². The third-order valence-corrected chi connectivity index (χ3v) is 3.09. The molecule has 3 rings (SSSR count). The van der Waals surface area contributed by atoms with Crippen LogP contribution in [-0.2, 0) is 4.79 Å². The Bertz CT molecular complexity index is 548. The molecule has 2 aromatic rings. The summed E-state index contributed by atoms with van der Waals surface area (Å²) in [6, 6.07) is 3.57. The molecule has 0 saturated heterocycles. The van der Waals surface area contributed by atoms with E-state index in [-0.39, 0.29) is 11.8 Å². The van der Waals surface area contributed by atoms with Crippen molar-refractivity contribution in [3.8, 4) is 5.82 Å². The molecule has 1 aliphatic carbocycles. The molecule has 2 atom stereocenters. The quantitative estimate of drug-likeness (QED) is 0.880. The van der Waals surface area contributed by atoms with Gasteiger partial charge in [-0.15, -0.1) is 4.80 Å². The first-order valence-electron chi connectivity index (χ1n) is 5.87. The van der Waals surface area contributed by atoms with Gasteiger partial charge in [-0.3, -0.25) is 4.79 Å². The third-order valence-electron chi connectivity index (χ3n) is 3.09. The van der Waals surface area contributed by atoms with E-state index in [1.807, 2.05) is 0 Å². The number of hydrogen-bond acceptors (Lipinski definition) is 4. The molecule has 0 aromatic carbocycles. The zero-order valence-electron chi connectivity index (χ0n) is 9.95. The molecule has 2 heterocycles. The summed E-state index contributed by atoms with van der Waals surface area (Å²) in [6.45, 7) is 2.08. The van der Waals surface area contributed by atoms with Crippen molar-refractivity contribution in [3.05, 3.63) is 30.7 Å². The molecule has 6 nitrogen and oxygen atoms in total. The largest absolute Gasteiger partial charge is 0.324 e. The SMILES string of the molecule is C[C@@H]1C[C@@H]1C(=O)Nc1ccc(-n2nccn2)nc1. The van der Waals surface area contributed by atoms with E-state index in [0.29, 0.717) is 17.4 Å². The first-order chi connectivity index (χ1) is 8.74. The van der Waals surface area contributed by atoms with Crippen molar-refractivity contribution in [2.45, 2.75) is 13.3 Å². The van der Waals surface area contributed by atoms with Gasteiger partial charge in [0.05, 0.1) is 24.3 Å². The number of pyridine rings is 1. The second-order valence-corrected chi connectivity index (χ2v) is 4.53. The number of anilines is 1. The maximum Gasteiger partial charge on any atom is 0.227 e. The van der Waals surface area contributed by atoms with Gasteiger partial charge in [-0.25, -0.2) is 4.98 Å². The Morgan fingerprint density at radius 2 is 2.11 bits per heavy atom. The number of amides is 1. The van der Waals surface area contributed by atoms with E-state index < -0.39 is 0 Å². The summed E-state index contributed by atoms with van der Waals surface area (Å²) in [5, 5.41) is 10.8. The Labute approximate surface area is 104 Å². The van der Waals surface area contributed by atoms with Crippen LogP contribution in [0.5, 0.6) is 0 Å². The molecule has 2 aromatic heterocycles. The van der Waals surface area contributed by atoms with Crippen molar-refractivity contribution < 1.29 is 4.79 Å². The van der Waals surface area contributed by atoms with Crippen LogP contribution >= 0.6 is 0 Å². The van der Waals surface area contributed by atoms with Gasteiger partial charge in [-0.2, -0.15) is 10.2 Å². The van der Waals surface area contributed by atoms with Crippen LogP contribution in [0.2, 0.25) is 0 Å². The molecule has 0 unspecified atom stereocenters. The molecule has 0 bridgehead atoms. The predicted molar refractivity (Wildman–Crippen MR) is 65.1 cm³/mol. The first kappa shape index (κ1) is 10.9. The molecule has 0 aliphatic heterocycles. The number of aromatic nitrogens is 4. The van der Waals surface area contributed by atoms with Crippen molar-refractivity contribution >= 4 is 11.6 Å². The van der Waals surface area contributed by atoms with E-state index in [4.69, 9.17) is 0 Å². The highest BCUT2D eigenvalue weighted by Gasteiger charge is 2.39. The Morgan fingerprint density at radius 3 is 2.67 bits per heavy atom. The molecule has 1 amide bonds. The zero-order valence-corrected chi connectivity index (χ0v) is 9.95. The fraction of sp³-hybridized carbons (Fsp3) is 0.333. The van der Waals surface area contributed by atoms with E-state index >= 15 is 0 Å². The van der Waals surface area contributed by atoms with E-state index in [1.54, 1.807) is 30.7 Å². The van der Waals surface area contributed by atoms with Gasteiger partial charge >= 0.3 is 0 Å². The molecule has 1 saturated carbocycles. The summed E-state index contributed by atoms with van der Waals surface area (Å²) in [4.78, 5) is 17.4. The van der Waals surface area contributed by atoms with Crippen molar-refractivity contribution in [1.29, 1.82) is 0 Å². The van der Waals surface area contributed by atoms with Gasteiger partial charge in [0.25, 0.3) is 0 Å². The fourth-order valence-corrected chi connectivity index (χ4v) is 1.83. The van der Waals surface area contributed by atoms with E-state index in [0.717, 1.165) is 6.42 Å². The lowest BCUT2D eigenvalue weighted by Crippen LogP contribution is -2.14. The minimum atomic E-state index is 0.0780. The van der Waals surface area contributed by atoms with Crippen molar-refractivity contribution in [3.63, 3.8) is 0 Å². The molecule has 1 N–H and O–H groups in total. The lowest BCUT2D eigenvalue weighted by atomic mass is 10.3. The van der Waals surface area contributed by atoms with E-state index in [1.165, 1.54) is 4.80 Å². The highest BCUT2D eigenvalue weighted by molar-refractivity contribution is 5.94. The summed E-state index contributed by atoms with van der Waals surface area (Å²) in [5.41, 5.74) is 0.704. The monoisotopic (exact) mass is 243 g/mol. The minimum absolute atomic E-state index is 0.0780. The second-order valence-electron chi connectivity index (χ2n) is 4.53. The highest BCUT2D eigenvalue weighted by atomic mass is 16.2. The van der Waals surface area contributed by atoms with Gasteiger partial charge < -0.3 is 5.32 Å². The molecular weight excluding hydrogens is 230 g/mol. The zero-order chi connectivity index (χ0) is 12.5. The molecule has 6 heteroatoms. The molecule has 1 fully saturated rings. The summed E-state index contributed by atoms with van der Waals surface area (Å²) in [7, 11) is 0. The van der Waals surface area contributed by atoms with Crippen LogP contribution in [0.15, 0.2) is 30.7 Å². The van der Waals surface area contributed by atoms with Crippen LogP contribution in [-0.4, -0.2) is 25.9 Å². The second kappa shape index (κ2) is 4.21. The van der Waals surface area contributed by atoms with Crippen LogP contribution in [0.4, 0.5) is 5.69 Å². The van der Waals surface area contributed by atoms with Crippen LogP contribution in [0.1, 0.15) is 13.3 Å². The maximum atomic E-state index is 11.7. The van der Waals surface area contributed by atoms with Gasteiger partial charge in [-0.1, -0.05) is 6.92 Å². The average Bonchev–Trinajstić information content (AvgIpc) is 2.91. The third kappa shape index (κ3) is 2.09. The van der Waals surface area contributed by atoms with Gasteiger partial charge in [0, 0.05) is 5.92 Å². The van der Waals surface area contributed by atoms with Crippen LogP contribution in [0, 0.1) is 11.8 Å². The highest BCUT2D eigenvalue weighted by Crippen LogP contribution is 2.38. The molecule has 0 radical (unpaired) electrons. The Hall–Kier alpha value is -2.24. The lowest BCUT2D eigenvalue weighted by Gasteiger charge is -2.04. The number of carbonyl (C=O) groups is 1. The number of rotatable bonds is 3. The van der Waals surface area contributed by atoms with E-state index in [9.17, 15) is 4.79 Å². The number of nitrogens with one attached hydrogen (secondary N) is 1. The molecule has 92 valence electrons. The van der Waals surface area contributed by atoms with Crippen LogP contribution < -0.4 is 5.32 Å². The standard InChI is InChI=1S/C12H13N5O/c1-8-6-10(8)12(18)16-9-2-3-11(13-7-9)17-14-4-5-15-17/h2-5,7-8,10H,6H2,1H3,(H,16,18)/t8-,10+/m1/s1. The van der Waals surface area contributed by atoms with Gasteiger partial charge in [-0.05, 0) is 24.5 Å². The molecule has 0 spiro atoms. The summed E-state index contributed by atoms with van der Waals surface area (Å²) in [6.07, 6.45) is 5.77. The van der Waals surface area contributed by atoms with Crippen molar-refractivity contribution in [2.24, 2.45) is 11.8 Å². The Morgan fingerprint density at radius 1 is 1.39 bits per heavy atom. The number of nitrogens with zero attached hydrogens (tertiary/aromatic N) is 4. The molecule has 1 aliphatic rings. The predicted octanol–water partition coefficient (Wildman–Crippen LogP) is 1.26. The van der Waals surface area contributed by atoms with Gasteiger partial charge in [0.15, 0.2) is 5.82 Å². The topological polar surface area (TPSA) is 72.7 Å². The lowest BCUT2D eigenvalue weighted by molar-refractivity contribution is -0.117. The summed E-state index contributed by atoms with van der Waals surface area (Å²) < 4.78 is 0. The van der Waals surface area contributed by atoms with E-state index in [2.05, 4.69) is 27.4 Å². The molecular formula is C12H13N5O. The number of hydrogen-bond donors (Lipinski definition) is 1. The smallest absolute Gasteiger partial charge is 0.227 e. The Kier molecular flexibility index (Phi) is 2.55. The van der Waals surface area contributed by atoms with Crippen LogP contribution in [0.25, 0.3) is 5.82 Å². The molecule has 18 heavy (non-hydrogen) atoms. The number of carbonyl (C=O) groups excluding carboxylic acids is 1.